The van der Waals surface area contributed by atoms with Crippen LogP contribution in [-0.2, 0) is 51.5 Å². The molecule has 0 aromatic heterocycles. The molecular formula is C45H62N6O10S. The lowest BCUT2D eigenvalue weighted by molar-refractivity contribution is -0.143. The highest BCUT2D eigenvalue weighted by atomic mass is 32.2. The highest BCUT2D eigenvalue weighted by Gasteiger charge is 2.62. The van der Waals surface area contributed by atoms with Gasteiger partial charge in [-0.25, -0.2) is 22.8 Å². The van der Waals surface area contributed by atoms with Gasteiger partial charge in [0.25, 0.3) is 5.91 Å². The number of carbonyl (C=O) groups excluding carboxylic acids is 6. The number of likely N-dealkylation sites (tertiary alicyclic amines) is 1. The maximum absolute atomic E-state index is 14.3. The zero-order chi connectivity index (χ0) is 46.0. The van der Waals surface area contributed by atoms with E-state index in [2.05, 4.69) is 39.2 Å². The third-order valence-corrected chi connectivity index (χ3v) is 12.4. The van der Waals surface area contributed by atoms with Crippen LogP contribution in [0.1, 0.15) is 105 Å². The van der Waals surface area contributed by atoms with Crippen molar-refractivity contribution in [2.24, 2.45) is 16.3 Å². The number of amides is 5. The molecule has 2 aromatic carbocycles. The summed E-state index contributed by atoms with van der Waals surface area (Å²) in [6.07, 6.45) is 4.95. The highest BCUT2D eigenvalue weighted by molar-refractivity contribution is 7.91. The van der Waals surface area contributed by atoms with Crippen molar-refractivity contribution in [3.05, 3.63) is 72.3 Å². The number of hydrogen-bond donors (Lipinski definition) is 4. The summed E-state index contributed by atoms with van der Waals surface area (Å²) in [5.41, 5.74) is 0.0676. The number of para-hydroxylation sites is 2. The van der Waals surface area contributed by atoms with Gasteiger partial charge in [-0.05, 0) is 81.5 Å². The molecule has 3 fully saturated rings. The maximum Gasteiger partial charge on any atom is 0.411 e. The standard InChI is InChI=1S/C35H51N5O9S.C10H11NO/c1-9-13-21-14-11-12-15-25(21)36-31(44)48-23-18-26(40(20-23)29(42)27(33(3,4)5)37-32(45)49-34(6,7)8)28(41)38-35(19-22(35)10-2)30(43)39-50(46,47)24-16-17-24;1-2-5-9-6-3-4-7-10(9)11-8-12/h10-12,14-15,22-24,26-27H,2,9,13,16-20H2,1,3-8H3,(H,36,44)(H,37,45)(H,38,41)(H,39,43);3-4,6-7H,2,5H2,1H3/t22?,23-,26+,27-,35-;/m1./s1. The van der Waals surface area contributed by atoms with E-state index in [4.69, 9.17) is 9.47 Å². The molecule has 0 radical (unpaired) electrons. The van der Waals surface area contributed by atoms with Crippen molar-refractivity contribution in [1.82, 2.24) is 20.3 Å². The summed E-state index contributed by atoms with van der Waals surface area (Å²) < 4.78 is 38.5. The van der Waals surface area contributed by atoms with Crippen LogP contribution in [0.25, 0.3) is 0 Å². The number of sulfonamides is 1. The summed E-state index contributed by atoms with van der Waals surface area (Å²) >= 11 is 0. The summed E-state index contributed by atoms with van der Waals surface area (Å²) in [5.74, 6) is -2.81. The van der Waals surface area contributed by atoms with Crippen molar-refractivity contribution in [3.8, 4) is 0 Å². The van der Waals surface area contributed by atoms with Crippen LogP contribution in [0.3, 0.4) is 0 Å². The summed E-state index contributed by atoms with van der Waals surface area (Å²) in [7, 11) is -3.91. The number of isocyanates is 1. The Labute approximate surface area is 365 Å². The molecule has 2 aliphatic carbocycles. The number of alkyl carbamates (subject to hydrolysis) is 1. The largest absolute Gasteiger partial charge is 0.444 e. The second-order valence-electron chi connectivity index (χ2n) is 18.0. The Kier molecular flexibility index (Phi) is 16.3. The molecule has 1 saturated heterocycles. The fourth-order valence-electron chi connectivity index (χ4n) is 7.20. The summed E-state index contributed by atoms with van der Waals surface area (Å²) in [5, 5.41) is 7.46. The number of anilines is 1. The first-order chi connectivity index (χ1) is 29.1. The van der Waals surface area contributed by atoms with Crippen LogP contribution in [0.5, 0.6) is 0 Å². The van der Waals surface area contributed by atoms with Crippen LogP contribution in [0, 0.1) is 11.3 Å². The van der Waals surface area contributed by atoms with Crippen molar-refractivity contribution in [3.63, 3.8) is 0 Å². The van der Waals surface area contributed by atoms with Crippen LogP contribution in [0.2, 0.25) is 0 Å². The topological polar surface area (TPSA) is 219 Å². The number of ether oxygens (including phenoxy) is 2. The Morgan fingerprint density at radius 1 is 0.952 bits per heavy atom. The lowest BCUT2D eigenvalue weighted by Gasteiger charge is -2.36. The second kappa shape index (κ2) is 20.6. The minimum absolute atomic E-state index is 0.110. The summed E-state index contributed by atoms with van der Waals surface area (Å²) in [6, 6.07) is 12.5. The average molecular weight is 879 g/mol. The van der Waals surface area contributed by atoms with Crippen LogP contribution in [0.4, 0.5) is 21.0 Å². The fraction of sp³-hybridized carbons (Fsp3) is 0.556. The Morgan fingerprint density at radius 2 is 1.56 bits per heavy atom. The van der Waals surface area contributed by atoms with E-state index in [1.54, 1.807) is 59.8 Å². The molecule has 3 aliphatic rings. The Bertz CT molecular complexity index is 2140. The molecular weight excluding hydrogens is 817 g/mol. The van der Waals surface area contributed by atoms with Crippen molar-refractivity contribution < 1.29 is 46.7 Å². The van der Waals surface area contributed by atoms with Crippen LogP contribution >= 0.6 is 0 Å². The quantitative estimate of drug-likeness (QED) is 0.0880. The van der Waals surface area contributed by atoms with Crippen molar-refractivity contribution in [2.75, 3.05) is 11.9 Å². The molecule has 5 atom stereocenters. The molecule has 5 rings (SSSR count). The van der Waals surface area contributed by atoms with Crippen LogP contribution in [-0.4, -0.2) is 90.4 Å². The van der Waals surface area contributed by atoms with Gasteiger partial charge >= 0.3 is 12.2 Å². The summed E-state index contributed by atoms with van der Waals surface area (Å²) in [4.78, 5) is 82.6. The first-order valence-corrected chi connectivity index (χ1v) is 22.7. The third kappa shape index (κ3) is 13.2. The second-order valence-corrected chi connectivity index (χ2v) is 20.0. The number of hydrogen-bond acceptors (Lipinski definition) is 11. The van der Waals surface area contributed by atoms with Gasteiger partial charge < -0.3 is 25.0 Å². The number of nitrogens with one attached hydrogen (secondary N) is 4. The fourth-order valence-corrected chi connectivity index (χ4v) is 8.57. The van der Waals surface area contributed by atoms with E-state index in [0.717, 1.165) is 42.5 Å². The molecule has 0 spiro atoms. The van der Waals surface area contributed by atoms with E-state index in [0.29, 0.717) is 18.5 Å². The highest BCUT2D eigenvalue weighted by Crippen LogP contribution is 2.45. The monoisotopic (exact) mass is 878 g/mol. The number of aliphatic imine (C=N–C) groups is 1. The van der Waals surface area contributed by atoms with Crippen LogP contribution in [0.15, 0.2) is 66.2 Å². The lowest BCUT2D eigenvalue weighted by atomic mass is 9.85. The van der Waals surface area contributed by atoms with E-state index in [-0.39, 0.29) is 19.4 Å². The molecule has 1 unspecified atom stereocenters. The molecule has 2 aromatic rings. The Hall–Kier alpha value is -5.54. The first-order valence-electron chi connectivity index (χ1n) is 21.1. The number of benzene rings is 2. The molecule has 2 saturated carbocycles. The predicted molar refractivity (Wildman–Crippen MR) is 235 cm³/mol. The molecule has 62 heavy (non-hydrogen) atoms. The SMILES string of the molecule is C=CC1C[C@]1(NC(=O)[C@@H]1C[C@@H](OC(=O)Nc2ccccc2CCC)CN1C(=O)[C@@H](NC(=O)OC(C)(C)C)C(C)(C)C)C(=O)NS(=O)(=O)C1CC1.CCCc1ccccc1N=C=O. The van der Waals surface area contributed by atoms with E-state index < -0.39 is 85.8 Å². The smallest absolute Gasteiger partial charge is 0.411 e. The van der Waals surface area contributed by atoms with Crippen molar-refractivity contribution >= 4 is 57.4 Å². The molecule has 338 valence electrons. The number of aryl methyl sites for hydroxylation is 2. The normalized spacial score (nSPS) is 21.1. The average Bonchev–Trinajstić information content (AvgIpc) is 4.11. The molecule has 1 heterocycles. The maximum atomic E-state index is 14.3. The Balaban J connectivity index is 0.000000605. The third-order valence-electron chi connectivity index (χ3n) is 10.6. The predicted octanol–water partition coefficient (Wildman–Crippen LogP) is 6.37. The van der Waals surface area contributed by atoms with E-state index in [9.17, 15) is 37.2 Å². The van der Waals surface area contributed by atoms with E-state index >= 15 is 0 Å². The molecule has 0 bridgehead atoms. The number of rotatable bonds is 15. The van der Waals surface area contributed by atoms with Gasteiger partial charge in [-0.3, -0.25) is 24.4 Å². The van der Waals surface area contributed by atoms with Gasteiger partial charge in [-0.15, -0.1) is 6.58 Å². The number of nitrogens with zero attached hydrogens (tertiary/aromatic N) is 2. The van der Waals surface area contributed by atoms with Gasteiger partial charge in [0.05, 0.1) is 17.5 Å². The van der Waals surface area contributed by atoms with Crippen molar-refractivity contribution in [2.45, 2.75) is 141 Å². The minimum atomic E-state index is -3.91. The van der Waals surface area contributed by atoms with Gasteiger partial charge in [-0.2, -0.15) is 4.99 Å². The number of carbonyl (C=O) groups is 5. The van der Waals surface area contributed by atoms with Gasteiger partial charge in [0.15, 0.2) is 0 Å². The lowest BCUT2D eigenvalue weighted by Crippen LogP contribution is -2.60. The first kappa shape index (κ1) is 49.1. The van der Waals surface area contributed by atoms with Gasteiger partial charge in [-0.1, -0.05) is 89.9 Å². The molecule has 5 amide bonds. The molecule has 16 nitrogen and oxygen atoms in total. The zero-order valence-electron chi connectivity index (χ0n) is 37.0. The van der Waals surface area contributed by atoms with E-state index in [1.165, 1.54) is 11.0 Å². The van der Waals surface area contributed by atoms with E-state index in [1.807, 2.05) is 43.3 Å². The van der Waals surface area contributed by atoms with Gasteiger partial charge in [0.2, 0.25) is 27.9 Å². The Morgan fingerprint density at radius 3 is 2.13 bits per heavy atom. The molecule has 17 heteroatoms. The van der Waals surface area contributed by atoms with Crippen LogP contribution < -0.4 is 20.7 Å². The molecule has 4 N–H and O–H groups in total. The van der Waals surface area contributed by atoms with Gasteiger partial charge in [0.1, 0.15) is 29.3 Å². The summed E-state index contributed by atoms with van der Waals surface area (Å²) in [6.45, 7) is 17.9. The van der Waals surface area contributed by atoms with Crippen molar-refractivity contribution in [1.29, 1.82) is 0 Å². The zero-order valence-corrected chi connectivity index (χ0v) is 37.9. The minimum Gasteiger partial charge on any atom is -0.444 e. The van der Waals surface area contributed by atoms with Gasteiger partial charge in [0, 0.05) is 18.0 Å². The molecule has 1 aliphatic heterocycles.